The number of aliphatic hydroxyl groups excluding tert-OH is 1. The van der Waals surface area contributed by atoms with Gasteiger partial charge in [0.2, 0.25) is 15.9 Å². The number of carbonyl (C=O) groups excluding carboxylic acids is 1. The molecule has 3 atom stereocenters. The van der Waals surface area contributed by atoms with Crippen LogP contribution >= 0.6 is 0 Å². The molecule has 0 spiro atoms. The van der Waals surface area contributed by atoms with Crippen LogP contribution in [0.4, 0.5) is 0 Å². The van der Waals surface area contributed by atoms with Crippen LogP contribution in [-0.4, -0.2) is 86.2 Å². The molecule has 0 bridgehead atoms. The number of nitrogens with zero attached hydrogens (tertiary/aromatic N) is 3. The maximum absolute atomic E-state index is 13.5. The Balaban J connectivity index is 2.04. The zero-order valence-corrected chi connectivity index (χ0v) is 21.2. The van der Waals surface area contributed by atoms with Gasteiger partial charge in [0, 0.05) is 56.2 Å². The van der Waals surface area contributed by atoms with Crippen LogP contribution in [0.5, 0.6) is 5.75 Å². The van der Waals surface area contributed by atoms with Gasteiger partial charge in [0.15, 0.2) is 0 Å². The lowest BCUT2D eigenvalue weighted by Gasteiger charge is -2.37. The molecule has 0 radical (unpaired) electrons. The number of carbonyl (C=O) groups is 1. The van der Waals surface area contributed by atoms with Gasteiger partial charge in [0.05, 0.1) is 13.2 Å². The lowest BCUT2D eigenvalue weighted by atomic mass is 10.0. The fraction of sp³-hybridized carbons (Fsp3) is 0.440. The summed E-state index contributed by atoms with van der Waals surface area (Å²) < 4.78 is 39.6. The Labute approximate surface area is 206 Å². The van der Waals surface area contributed by atoms with Crippen LogP contribution in [0.1, 0.15) is 25.0 Å². The van der Waals surface area contributed by atoms with E-state index in [1.807, 2.05) is 13.0 Å². The number of methoxy groups -OCH3 is 1. The van der Waals surface area contributed by atoms with E-state index in [1.54, 1.807) is 44.6 Å². The van der Waals surface area contributed by atoms with Crippen molar-refractivity contribution in [2.75, 3.05) is 40.5 Å². The molecule has 2 aromatic rings. The van der Waals surface area contributed by atoms with Crippen LogP contribution in [0.25, 0.3) is 0 Å². The highest BCUT2D eigenvalue weighted by Gasteiger charge is 2.38. The number of aromatic nitrogens is 1. The van der Waals surface area contributed by atoms with Crippen molar-refractivity contribution in [2.24, 2.45) is 5.92 Å². The molecule has 9 nitrogen and oxygen atoms in total. The summed E-state index contributed by atoms with van der Waals surface area (Å²) in [7, 11) is -0.859. The Morgan fingerprint density at radius 2 is 2.09 bits per heavy atom. The molecule has 3 rings (SSSR count). The first kappa shape index (κ1) is 26.6. The first-order valence-corrected chi connectivity index (χ1v) is 12.7. The number of aliphatic hydroxyl groups is 1. The van der Waals surface area contributed by atoms with Crippen LogP contribution in [0.15, 0.2) is 47.6 Å². The average Bonchev–Trinajstić information content (AvgIpc) is 2.85. The Morgan fingerprint density at radius 1 is 1.34 bits per heavy atom. The number of benzene rings is 1. The maximum Gasteiger partial charge on any atom is 0.248 e. The molecule has 188 valence electrons. The van der Waals surface area contributed by atoms with Crippen molar-refractivity contribution >= 4 is 15.9 Å². The molecule has 35 heavy (non-hydrogen) atoms. The largest absolute Gasteiger partial charge is 0.487 e. The van der Waals surface area contributed by atoms with Gasteiger partial charge in [-0.25, -0.2) is 8.42 Å². The van der Waals surface area contributed by atoms with Crippen molar-refractivity contribution in [3.8, 4) is 17.6 Å². The van der Waals surface area contributed by atoms with Gasteiger partial charge in [0.25, 0.3) is 0 Å². The van der Waals surface area contributed by atoms with Crippen LogP contribution in [-0.2, 0) is 19.6 Å². The summed E-state index contributed by atoms with van der Waals surface area (Å²) in [6.07, 6.45) is 2.79. The SMILES string of the molecule is COCC(=O)N(C)C[C@H]1Oc2cc(C#Cc3cccnc3)ccc2S(=O)(=O)N([C@@H](C)CO)C[C@@H]1C. The number of amides is 1. The molecule has 1 aliphatic heterocycles. The number of ether oxygens (including phenoxy) is 2. The van der Waals surface area contributed by atoms with Crippen molar-refractivity contribution in [1.29, 1.82) is 0 Å². The predicted molar refractivity (Wildman–Crippen MR) is 130 cm³/mol. The average molecular weight is 502 g/mol. The van der Waals surface area contributed by atoms with Crippen LogP contribution in [0.2, 0.25) is 0 Å². The monoisotopic (exact) mass is 501 g/mol. The smallest absolute Gasteiger partial charge is 0.248 e. The van der Waals surface area contributed by atoms with Gasteiger partial charge < -0.3 is 19.5 Å². The fourth-order valence-electron chi connectivity index (χ4n) is 3.71. The second kappa shape index (κ2) is 11.6. The van der Waals surface area contributed by atoms with Gasteiger partial charge in [-0.3, -0.25) is 9.78 Å². The van der Waals surface area contributed by atoms with Gasteiger partial charge >= 0.3 is 0 Å². The van der Waals surface area contributed by atoms with E-state index in [0.29, 0.717) is 5.56 Å². The third-order valence-corrected chi connectivity index (χ3v) is 7.85. The highest BCUT2D eigenvalue weighted by atomic mass is 32.2. The Morgan fingerprint density at radius 3 is 2.74 bits per heavy atom. The maximum atomic E-state index is 13.5. The minimum atomic E-state index is -3.96. The standard InChI is InChI=1S/C25H31N3O6S/c1-18-14-28(19(2)16-29)35(31,32)24-10-9-20(7-8-21-6-5-11-26-13-21)12-22(24)34-23(18)15-27(3)25(30)17-33-4/h5-6,9-13,18-19,23,29H,14-17H2,1-4H3/t18-,19-,23+/m0/s1. The Hall–Kier alpha value is -2.97. The predicted octanol–water partition coefficient (Wildman–Crippen LogP) is 1.35. The summed E-state index contributed by atoms with van der Waals surface area (Å²) in [5.41, 5.74) is 1.29. The molecule has 10 heteroatoms. The lowest BCUT2D eigenvalue weighted by Crippen LogP contribution is -2.50. The molecule has 1 aliphatic rings. The van der Waals surface area contributed by atoms with Crippen molar-refractivity contribution in [1.82, 2.24) is 14.2 Å². The minimum absolute atomic E-state index is 0.00695. The van der Waals surface area contributed by atoms with E-state index in [-0.39, 0.29) is 48.8 Å². The van der Waals surface area contributed by atoms with Gasteiger partial charge in [-0.05, 0) is 37.3 Å². The Bertz CT molecular complexity index is 1190. The highest BCUT2D eigenvalue weighted by Crippen LogP contribution is 2.34. The highest BCUT2D eigenvalue weighted by molar-refractivity contribution is 7.89. The number of hydrogen-bond donors (Lipinski definition) is 1. The molecular formula is C25H31N3O6S. The van der Waals surface area contributed by atoms with Crippen LogP contribution in [0, 0.1) is 17.8 Å². The summed E-state index contributed by atoms with van der Waals surface area (Å²) in [4.78, 5) is 17.8. The molecule has 1 amide bonds. The molecule has 1 aromatic carbocycles. The second-order valence-electron chi connectivity index (χ2n) is 8.60. The number of pyridine rings is 1. The third kappa shape index (κ3) is 6.38. The first-order chi connectivity index (χ1) is 16.7. The second-order valence-corrected chi connectivity index (χ2v) is 10.5. The van der Waals surface area contributed by atoms with Crippen molar-refractivity contribution in [3.63, 3.8) is 0 Å². The lowest BCUT2D eigenvalue weighted by molar-refractivity contribution is -0.135. The topological polar surface area (TPSA) is 109 Å². The summed E-state index contributed by atoms with van der Waals surface area (Å²) >= 11 is 0. The molecule has 0 saturated heterocycles. The Kier molecular flexibility index (Phi) is 8.86. The van der Waals surface area contributed by atoms with Gasteiger partial charge in [-0.1, -0.05) is 18.8 Å². The molecule has 1 N–H and O–H groups in total. The summed E-state index contributed by atoms with van der Waals surface area (Å²) in [6, 6.07) is 7.67. The summed E-state index contributed by atoms with van der Waals surface area (Å²) in [6.45, 7) is 3.49. The molecule has 0 fully saturated rings. The number of likely N-dealkylation sites (N-methyl/N-ethyl adjacent to an activating group) is 1. The zero-order valence-electron chi connectivity index (χ0n) is 20.3. The van der Waals surface area contributed by atoms with Crippen molar-refractivity contribution < 1.29 is 27.8 Å². The molecular weight excluding hydrogens is 470 g/mol. The minimum Gasteiger partial charge on any atom is -0.487 e. The zero-order chi connectivity index (χ0) is 25.6. The summed E-state index contributed by atoms with van der Waals surface area (Å²) in [5.74, 6) is 5.69. The van der Waals surface area contributed by atoms with E-state index in [9.17, 15) is 18.3 Å². The quantitative estimate of drug-likeness (QED) is 0.595. The number of rotatable bonds is 6. The third-order valence-electron chi connectivity index (χ3n) is 5.83. The molecule has 0 saturated carbocycles. The summed E-state index contributed by atoms with van der Waals surface area (Å²) in [5, 5.41) is 9.75. The van der Waals surface area contributed by atoms with Gasteiger partial charge in [-0.15, -0.1) is 0 Å². The molecule has 2 heterocycles. The fourth-order valence-corrected chi connectivity index (χ4v) is 5.53. The molecule has 0 unspecified atom stereocenters. The van der Waals surface area contributed by atoms with Gasteiger partial charge in [-0.2, -0.15) is 4.31 Å². The normalized spacial score (nSPS) is 20.3. The molecule has 0 aliphatic carbocycles. The molecule has 1 aromatic heterocycles. The number of hydrogen-bond acceptors (Lipinski definition) is 7. The van der Waals surface area contributed by atoms with E-state index in [2.05, 4.69) is 16.8 Å². The van der Waals surface area contributed by atoms with Crippen LogP contribution < -0.4 is 4.74 Å². The van der Waals surface area contributed by atoms with Crippen molar-refractivity contribution in [2.45, 2.75) is 30.9 Å². The van der Waals surface area contributed by atoms with E-state index in [0.717, 1.165) is 5.56 Å². The van der Waals surface area contributed by atoms with Gasteiger partial charge in [0.1, 0.15) is 23.4 Å². The van der Waals surface area contributed by atoms with E-state index in [1.165, 1.54) is 22.4 Å². The first-order valence-electron chi connectivity index (χ1n) is 11.3. The van der Waals surface area contributed by atoms with E-state index in [4.69, 9.17) is 9.47 Å². The number of sulfonamides is 1. The van der Waals surface area contributed by atoms with Crippen LogP contribution in [0.3, 0.4) is 0 Å². The van der Waals surface area contributed by atoms with E-state index >= 15 is 0 Å². The number of fused-ring (bicyclic) bond motifs is 1. The van der Waals surface area contributed by atoms with E-state index < -0.39 is 22.2 Å². The van der Waals surface area contributed by atoms with Crippen molar-refractivity contribution in [3.05, 3.63) is 53.9 Å².